The average Bonchev–Trinajstić information content (AvgIpc) is 3.08. The Balaban J connectivity index is 1.69. The quantitative estimate of drug-likeness (QED) is 0.643. The lowest BCUT2D eigenvalue weighted by atomic mass is 10.2. The smallest absolute Gasteiger partial charge is 0.263 e. The summed E-state index contributed by atoms with van der Waals surface area (Å²) in [4.78, 5) is 17.5. The molecule has 0 aliphatic heterocycles. The molecule has 3 rings (SSSR count). The van der Waals surface area contributed by atoms with Crippen molar-refractivity contribution in [2.45, 2.75) is 18.4 Å². The zero-order chi connectivity index (χ0) is 20.3. The molecule has 0 radical (unpaired) electrons. The van der Waals surface area contributed by atoms with Crippen LogP contribution in [0.3, 0.4) is 0 Å². The molecule has 3 aromatic rings. The van der Waals surface area contributed by atoms with Gasteiger partial charge in [-0.1, -0.05) is 12.1 Å². The van der Waals surface area contributed by atoms with E-state index in [1.165, 1.54) is 42.6 Å². The summed E-state index contributed by atoms with van der Waals surface area (Å²) in [5.74, 6) is -0.598. The number of hydrogen-bond acceptors (Lipinski definition) is 5. The molecule has 1 heterocycles. The molecule has 9 heteroatoms. The second-order valence-corrected chi connectivity index (χ2v) is 8.86. The standard InChI is InChI=1S/C19H18FN3O3S2/c1-12-17(27-19(23-12)14-5-7-15(20)8-6-14)18(24)22-11-13-3-9-16(10-4-13)28(25,26)21-2/h3-10,21H,11H2,1-2H3,(H,22,24). The van der Waals surface area contributed by atoms with Gasteiger partial charge in [0, 0.05) is 12.1 Å². The molecule has 0 aliphatic rings. The summed E-state index contributed by atoms with van der Waals surface area (Å²) in [6, 6.07) is 12.2. The lowest BCUT2D eigenvalue weighted by molar-refractivity contribution is 0.0954. The van der Waals surface area contributed by atoms with Crippen molar-refractivity contribution in [1.82, 2.24) is 15.0 Å². The van der Waals surface area contributed by atoms with Crippen molar-refractivity contribution in [3.05, 3.63) is 70.5 Å². The first-order valence-electron chi connectivity index (χ1n) is 8.34. The third-order valence-electron chi connectivity index (χ3n) is 4.05. The third-order valence-corrected chi connectivity index (χ3v) is 6.68. The number of nitrogens with one attached hydrogen (secondary N) is 2. The Labute approximate surface area is 166 Å². The number of hydrogen-bond donors (Lipinski definition) is 2. The number of benzene rings is 2. The summed E-state index contributed by atoms with van der Waals surface area (Å²) in [5, 5.41) is 3.45. The molecule has 0 aliphatic carbocycles. The number of rotatable bonds is 6. The number of aromatic nitrogens is 1. The van der Waals surface area contributed by atoms with Crippen molar-refractivity contribution in [3.8, 4) is 10.6 Å². The van der Waals surface area contributed by atoms with E-state index in [9.17, 15) is 17.6 Å². The average molecular weight is 420 g/mol. The molecular weight excluding hydrogens is 401 g/mol. The highest BCUT2D eigenvalue weighted by Gasteiger charge is 2.16. The molecule has 6 nitrogen and oxygen atoms in total. The van der Waals surface area contributed by atoms with Gasteiger partial charge in [-0.15, -0.1) is 11.3 Å². The van der Waals surface area contributed by atoms with Crippen LogP contribution in [0.1, 0.15) is 20.9 Å². The van der Waals surface area contributed by atoms with Crippen molar-refractivity contribution in [2.75, 3.05) is 7.05 Å². The first kappa shape index (κ1) is 20.1. The van der Waals surface area contributed by atoms with Crippen LogP contribution in [0, 0.1) is 12.7 Å². The number of halogens is 1. The summed E-state index contributed by atoms with van der Waals surface area (Å²) in [5.41, 5.74) is 2.11. The number of aryl methyl sites for hydroxylation is 1. The Morgan fingerprint density at radius 2 is 1.75 bits per heavy atom. The molecule has 1 aromatic heterocycles. The Morgan fingerprint density at radius 1 is 1.11 bits per heavy atom. The van der Waals surface area contributed by atoms with E-state index in [4.69, 9.17) is 0 Å². The first-order chi connectivity index (χ1) is 13.3. The van der Waals surface area contributed by atoms with Gasteiger partial charge in [0.05, 0.1) is 10.6 Å². The fraction of sp³-hybridized carbons (Fsp3) is 0.158. The molecule has 0 saturated carbocycles. The van der Waals surface area contributed by atoms with Crippen molar-refractivity contribution in [1.29, 1.82) is 0 Å². The van der Waals surface area contributed by atoms with Crippen molar-refractivity contribution < 1.29 is 17.6 Å². The molecule has 28 heavy (non-hydrogen) atoms. The van der Waals surface area contributed by atoms with Gasteiger partial charge >= 0.3 is 0 Å². The van der Waals surface area contributed by atoms with Crippen LogP contribution in [-0.2, 0) is 16.6 Å². The normalized spacial score (nSPS) is 11.4. The maximum absolute atomic E-state index is 13.1. The monoisotopic (exact) mass is 419 g/mol. The second-order valence-electron chi connectivity index (χ2n) is 5.97. The van der Waals surface area contributed by atoms with E-state index in [2.05, 4.69) is 15.0 Å². The molecule has 0 bridgehead atoms. The van der Waals surface area contributed by atoms with Gasteiger partial charge in [-0.2, -0.15) is 0 Å². The Hall–Kier alpha value is -2.62. The predicted molar refractivity (Wildman–Crippen MR) is 106 cm³/mol. The molecule has 2 N–H and O–H groups in total. The van der Waals surface area contributed by atoms with Gasteiger partial charge in [0.25, 0.3) is 5.91 Å². The predicted octanol–water partition coefficient (Wildman–Crippen LogP) is 3.10. The maximum atomic E-state index is 13.1. The van der Waals surface area contributed by atoms with Crippen LogP contribution in [0.4, 0.5) is 4.39 Å². The lowest BCUT2D eigenvalue weighted by Crippen LogP contribution is -2.22. The van der Waals surface area contributed by atoms with E-state index >= 15 is 0 Å². The highest BCUT2D eigenvalue weighted by Crippen LogP contribution is 2.28. The zero-order valence-corrected chi connectivity index (χ0v) is 16.8. The minimum Gasteiger partial charge on any atom is -0.347 e. The SMILES string of the molecule is CNS(=O)(=O)c1ccc(CNC(=O)c2sc(-c3ccc(F)cc3)nc2C)cc1. The van der Waals surface area contributed by atoms with E-state index in [0.29, 0.717) is 15.6 Å². The first-order valence-corrected chi connectivity index (χ1v) is 10.6. The van der Waals surface area contributed by atoms with Gasteiger partial charge in [0.1, 0.15) is 15.7 Å². The van der Waals surface area contributed by atoms with Gasteiger partial charge in [-0.3, -0.25) is 4.79 Å². The van der Waals surface area contributed by atoms with Crippen LogP contribution in [0.25, 0.3) is 10.6 Å². The fourth-order valence-corrected chi connectivity index (χ4v) is 4.21. The number of sulfonamides is 1. The van der Waals surface area contributed by atoms with Gasteiger partial charge < -0.3 is 5.32 Å². The Bertz CT molecular complexity index is 1090. The largest absolute Gasteiger partial charge is 0.347 e. The van der Waals surface area contributed by atoms with E-state index < -0.39 is 10.0 Å². The van der Waals surface area contributed by atoms with Crippen LogP contribution in [-0.4, -0.2) is 26.4 Å². The molecule has 0 saturated heterocycles. The van der Waals surface area contributed by atoms with Crippen LogP contribution in [0.2, 0.25) is 0 Å². The molecule has 146 valence electrons. The molecule has 0 fully saturated rings. The van der Waals surface area contributed by atoms with Gasteiger partial charge in [0.15, 0.2) is 0 Å². The molecule has 0 spiro atoms. The van der Waals surface area contributed by atoms with E-state index in [1.807, 2.05) is 0 Å². The summed E-state index contributed by atoms with van der Waals surface area (Å²) in [6.07, 6.45) is 0. The van der Waals surface area contributed by atoms with Crippen LogP contribution in [0.5, 0.6) is 0 Å². The van der Waals surface area contributed by atoms with Crippen molar-refractivity contribution >= 4 is 27.3 Å². The fourth-order valence-electron chi connectivity index (χ4n) is 2.49. The summed E-state index contributed by atoms with van der Waals surface area (Å²) in [7, 11) is -2.14. The molecular formula is C19H18FN3O3S2. The number of amides is 1. The summed E-state index contributed by atoms with van der Waals surface area (Å²) < 4.78 is 38.8. The number of carbonyl (C=O) groups excluding carboxylic acids is 1. The minimum atomic E-state index is -3.49. The van der Waals surface area contributed by atoms with Gasteiger partial charge in [-0.25, -0.2) is 22.5 Å². The van der Waals surface area contributed by atoms with Gasteiger partial charge in [-0.05, 0) is 55.9 Å². The van der Waals surface area contributed by atoms with Gasteiger partial charge in [0.2, 0.25) is 10.0 Å². The van der Waals surface area contributed by atoms with Crippen LogP contribution >= 0.6 is 11.3 Å². The highest BCUT2D eigenvalue weighted by molar-refractivity contribution is 7.89. The van der Waals surface area contributed by atoms with Crippen molar-refractivity contribution in [2.24, 2.45) is 0 Å². The van der Waals surface area contributed by atoms with E-state index in [0.717, 1.165) is 11.1 Å². The summed E-state index contributed by atoms with van der Waals surface area (Å²) >= 11 is 1.24. The topological polar surface area (TPSA) is 88.2 Å². The Kier molecular flexibility index (Phi) is 5.87. The third kappa shape index (κ3) is 4.44. The highest BCUT2D eigenvalue weighted by atomic mass is 32.2. The molecule has 1 amide bonds. The molecule has 2 aromatic carbocycles. The number of carbonyl (C=O) groups is 1. The minimum absolute atomic E-state index is 0.160. The molecule has 0 unspecified atom stereocenters. The number of thiazole rings is 1. The zero-order valence-electron chi connectivity index (χ0n) is 15.2. The summed E-state index contributed by atoms with van der Waals surface area (Å²) in [6.45, 7) is 2.00. The van der Waals surface area contributed by atoms with E-state index in [1.54, 1.807) is 31.2 Å². The van der Waals surface area contributed by atoms with E-state index in [-0.39, 0.29) is 23.2 Å². The molecule has 0 atom stereocenters. The maximum Gasteiger partial charge on any atom is 0.263 e. The second kappa shape index (κ2) is 8.17. The van der Waals surface area contributed by atoms with Crippen molar-refractivity contribution in [3.63, 3.8) is 0 Å². The van der Waals surface area contributed by atoms with Crippen LogP contribution < -0.4 is 10.0 Å². The van der Waals surface area contributed by atoms with Crippen LogP contribution in [0.15, 0.2) is 53.4 Å². The lowest BCUT2D eigenvalue weighted by Gasteiger charge is -2.06. The Morgan fingerprint density at radius 3 is 2.36 bits per heavy atom. The number of nitrogens with zero attached hydrogens (tertiary/aromatic N) is 1.